The van der Waals surface area contributed by atoms with Crippen LogP contribution in [0.1, 0.15) is 94.4 Å². The Labute approximate surface area is 295 Å². The summed E-state index contributed by atoms with van der Waals surface area (Å²) in [5.41, 5.74) is -4.03. The van der Waals surface area contributed by atoms with Gasteiger partial charge >= 0.3 is 5.97 Å². The lowest BCUT2D eigenvalue weighted by Gasteiger charge is -2.66. The molecule has 0 radical (unpaired) electrons. The molecule has 1 aliphatic heterocycles. The normalized spacial score (nSPS) is 47.0. The van der Waals surface area contributed by atoms with Gasteiger partial charge < -0.3 is 50.0 Å². The summed E-state index contributed by atoms with van der Waals surface area (Å²) in [7, 11) is 0. The van der Waals surface area contributed by atoms with Crippen molar-refractivity contribution >= 4 is 11.8 Å². The molecule has 0 aromatic carbocycles. The Kier molecular flexibility index (Phi) is 10.2. The third-order valence-corrected chi connectivity index (χ3v) is 14.1. The van der Waals surface area contributed by atoms with Crippen LogP contribution >= 0.6 is 0 Å². The molecule has 1 saturated heterocycles. The number of esters is 1. The van der Waals surface area contributed by atoms with Gasteiger partial charge in [-0.15, -0.1) is 0 Å². The summed E-state index contributed by atoms with van der Waals surface area (Å²) in [6.45, 7) is 15.9. The molecule has 0 bridgehead atoms. The highest BCUT2D eigenvalue weighted by molar-refractivity contribution is 5.97. The number of carbonyl (C=O) groups is 2. The number of ether oxygens (including phenoxy) is 3. The topological polar surface area (TPSA) is 203 Å². The molecule has 284 valence electrons. The second kappa shape index (κ2) is 13.0. The van der Waals surface area contributed by atoms with Crippen LogP contribution in [0.5, 0.6) is 0 Å². The van der Waals surface area contributed by atoms with E-state index < -0.39 is 101 Å². The molecule has 0 amide bonds. The van der Waals surface area contributed by atoms with Crippen LogP contribution in [0.4, 0.5) is 0 Å². The van der Waals surface area contributed by atoms with Crippen molar-refractivity contribution in [2.45, 2.75) is 155 Å². The van der Waals surface area contributed by atoms with E-state index in [0.717, 1.165) is 5.57 Å². The largest absolute Gasteiger partial charge is 0.456 e. The van der Waals surface area contributed by atoms with Crippen molar-refractivity contribution in [2.75, 3.05) is 6.61 Å². The summed E-state index contributed by atoms with van der Waals surface area (Å²) >= 11 is 0. The first-order chi connectivity index (χ1) is 22.9. The van der Waals surface area contributed by atoms with Gasteiger partial charge in [0.15, 0.2) is 12.1 Å². The Morgan fingerprint density at radius 1 is 0.980 bits per heavy atom. The molecular weight excluding hydrogens is 648 g/mol. The fraction of sp³-hybridized carbons (Fsp3) is 0.842. The van der Waals surface area contributed by atoms with Gasteiger partial charge in [-0.05, 0) is 93.1 Å². The van der Waals surface area contributed by atoms with Gasteiger partial charge in [0.25, 0.3) is 0 Å². The van der Waals surface area contributed by atoms with Crippen molar-refractivity contribution in [3.05, 3.63) is 23.8 Å². The van der Waals surface area contributed by atoms with E-state index in [4.69, 9.17) is 14.2 Å². The smallest absolute Gasteiger partial charge is 0.303 e. The number of ketones is 1. The summed E-state index contributed by atoms with van der Waals surface area (Å²) in [5.74, 6) is -1.87. The van der Waals surface area contributed by atoms with Crippen molar-refractivity contribution < 1.29 is 59.5 Å². The maximum absolute atomic E-state index is 13.7. The molecule has 3 saturated carbocycles. The molecule has 7 N–H and O–H groups in total. The van der Waals surface area contributed by atoms with Crippen LogP contribution in [-0.2, 0) is 23.8 Å². The Balaban J connectivity index is 1.44. The lowest BCUT2D eigenvalue weighted by atomic mass is 9.38. The lowest BCUT2D eigenvalue weighted by molar-refractivity contribution is -0.324. The highest BCUT2D eigenvalue weighted by atomic mass is 16.7. The average Bonchev–Trinajstić information content (AvgIpc) is 3.23. The number of hydrogen-bond donors (Lipinski definition) is 7. The van der Waals surface area contributed by atoms with Gasteiger partial charge in [-0.2, -0.15) is 0 Å². The number of hydrogen-bond acceptors (Lipinski definition) is 12. The molecule has 15 atom stereocenters. The maximum atomic E-state index is 13.7. The molecule has 0 aromatic heterocycles. The summed E-state index contributed by atoms with van der Waals surface area (Å²) in [6, 6.07) is 0. The standard InChI is InChI=1S/C38H60O12/c1-19(40)50-33(2,3)13-12-26(42)38(9,47)30-22(41)17-37(8)25-11-10-20-21(35(25,6)14-15-36(30,37)7)16-23(31(46)34(20,4)5)48-32-29(45)28(44)27(43)24(18-39)49-32/h10,12-13,21-25,27-32,39,41,43-47H,11,14-18H2,1-9H3/t21-,22-,23+,24-,25-,27-,28+,29-,30+,31+,32-,35+,36-,37+,38+/m1/s1. The van der Waals surface area contributed by atoms with E-state index in [1.165, 1.54) is 26.0 Å². The van der Waals surface area contributed by atoms with Crippen LogP contribution in [-0.4, -0.2) is 114 Å². The molecule has 12 heteroatoms. The van der Waals surface area contributed by atoms with E-state index in [1.54, 1.807) is 13.8 Å². The molecule has 1 heterocycles. The van der Waals surface area contributed by atoms with Crippen molar-refractivity contribution in [1.29, 1.82) is 0 Å². The molecule has 5 aliphatic rings. The highest BCUT2D eigenvalue weighted by Gasteiger charge is 2.72. The zero-order valence-corrected chi connectivity index (χ0v) is 31.0. The zero-order valence-electron chi connectivity index (χ0n) is 31.0. The van der Waals surface area contributed by atoms with Crippen LogP contribution in [0.25, 0.3) is 0 Å². The van der Waals surface area contributed by atoms with E-state index in [9.17, 15) is 45.3 Å². The van der Waals surface area contributed by atoms with Crippen molar-refractivity contribution in [3.63, 3.8) is 0 Å². The monoisotopic (exact) mass is 708 g/mol. The molecular formula is C38H60O12. The van der Waals surface area contributed by atoms with Crippen LogP contribution < -0.4 is 0 Å². The number of aliphatic hydroxyl groups excluding tert-OH is 6. The molecule has 0 spiro atoms. The third kappa shape index (κ3) is 6.04. The third-order valence-electron chi connectivity index (χ3n) is 14.1. The first-order valence-electron chi connectivity index (χ1n) is 18.1. The van der Waals surface area contributed by atoms with Gasteiger partial charge in [0.05, 0.1) is 24.9 Å². The number of carbonyl (C=O) groups excluding carboxylic acids is 2. The minimum absolute atomic E-state index is 0.0328. The van der Waals surface area contributed by atoms with E-state index in [-0.39, 0.29) is 17.3 Å². The van der Waals surface area contributed by atoms with Crippen molar-refractivity contribution in [2.24, 2.45) is 39.4 Å². The van der Waals surface area contributed by atoms with Gasteiger partial charge in [-0.1, -0.05) is 46.3 Å². The first kappa shape index (κ1) is 39.5. The van der Waals surface area contributed by atoms with Crippen LogP contribution in [0, 0.1) is 39.4 Å². The molecule has 50 heavy (non-hydrogen) atoms. The summed E-state index contributed by atoms with van der Waals surface area (Å²) < 4.78 is 17.2. The van der Waals surface area contributed by atoms with E-state index in [0.29, 0.717) is 32.1 Å². The fourth-order valence-electron chi connectivity index (χ4n) is 11.3. The second-order valence-corrected chi connectivity index (χ2v) is 17.9. The minimum atomic E-state index is -1.90. The van der Waals surface area contributed by atoms with Crippen LogP contribution in [0.3, 0.4) is 0 Å². The SMILES string of the molecule is CC(=O)OC(C)(C)C=CC(=O)[C@](C)(O)[C@H]1[C@H](O)C[C@@]2(C)[C@@H]3CC=C4[C@@H](C[C@H](O[C@@H]5O[C@H](CO)[C@@H](O)[C@H](O)[C@H]5O)[C@H](O)C4(C)C)[C@]3(C)CC[C@]12C. The second-order valence-electron chi connectivity index (χ2n) is 17.9. The van der Waals surface area contributed by atoms with Gasteiger partial charge in [-0.25, -0.2) is 0 Å². The Morgan fingerprint density at radius 2 is 1.62 bits per heavy atom. The predicted molar refractivity (Wildman–Crippen MR) is 181 cm³/mol. The maximum Gasteiger partial charge on any atom is 0.303 e. The average molecular weight is 709 g/mol. The molecule has 12 nitrogen and oxygen atoms in total. The number of aliphatic hydroxyl groups is 7. The molecule has 5 rings (SSSR count). The van der Waals surface area contributed by atoms with E-state index in [1.807, 2.05) is 13.8 Å². The highest BCUT2D eigenvalue weighted by Crippen LogP contribution is 2.75. The molecule has 4 fully saturated rings. The first-order valence-corrected chi connectivity index (χ1v) is 18.1. The van der Waals surface area contributed by atoms with E-state index in [2.05, 4.69) is 26.8 Å². The fourth-order valence-corrected chi connectivity index (χ4v) is 11.3. The summed E-state index contributed by atoms with van der Waals surface area (Å²) in [4.78, 5) is 25.2. The van der Waals surface area contributed by atoms with Crippen LogP contribution in [0.15, 0.2) is 23.8 Å². The number of fused-ring (bicyclic) bond motifs is 5. The molecule has 0 unspecified atom stereocenters. The minimum Gasteiger partial charge on any atom is -0.456 e. The predicted octanol–water partition coefficient (Wildman–Crippen LogP) is 1.94. The van der Waals surface area contributed by atoms with Crippen LogP contribution in [0.2, 0.25) is 0 Å². The Bertz CT molecular complexity index is 1390. The summed E-state index contributed by atoms with van der Waals surface area (Å²) in [5, 5.41) is 76.5. The Hall–Kier alpha value is -1.74. The molecule has 0 aromatic rings. The van der Waals surface area contributed by atoms with Crippen molar-refractivity contribution in [1.82, 2.24) is 0 Å². The van der Waals surface area contributed by atoms with Gasteiger partial charge in [0.1, 0.15) is 35.6 Å². The van der Waals surface area contributed by atoms with E-state index >= 15 is 0 Å². The quantitative estimate of drug-likeness (QED) is 0.110. The van der Waals surface area contributed by atoms with Gasteiger partial charge in [0, 0.05) is 18.3 Å². The molecule has 4 aliphatic carbocycles. The summed E-state index contributed by atoms with van der Waals surface area (Å²) in [6.07, 6.45) is -2.30. The van der Waals surface area contributed by atoms with Gasteiger partial charge in [0.2, 0.25) is 0 Å². The number of rotatable bonds is 8. The Morgan fingerprint density at radius 3 is 2.22 bits per heavy atom. The van der Waals surface area contributed by atoms with Crippen molar-refractivity contribution in [3.8, 4) is 0 Å². The number of allylic oxidation sites excluding steroid dienone is 1. The van der Waals surface area contributed by atoms with Gasteiger partial charge in [-0.3, -0.25) is 9.59 Å². The zero-order chi connectivity index (χ0) is 37.6. The lowest BCUT2D eigenvalue weighted by Crippen LogP contribution is -2.64.